The summed E-state index contributed by atoms with van der Waals surface area (Å²) in [6, 6.07) is 5.15. The first-order chi connectivity index (χ1) is 16.9. The first-order valence-corrected chi connectivity index (χ1v) is 15.4. The van der Waals surface area contributed by atoms with E-state index < -0.39 is 0 Å². The summed E-state index contributed by atoms with van der Waals surface area (Å²) in [5.74, 6) is 7.65. The molecule has 2 unspecified atom stereocenters. The van der Waals surface area contributed by atoms with Gasteiger partial charge in [0.2, 0.25) is 0 Å². The first kappa shape index (κ1) is 22.0. The number of hydrogen-bond acceptors (Lipinski definition) is 2. The molecule has 1 aliphatic heterocycles. The molecule has 0 spiro atoms. The molecule has 8 saturated carbocycles. The molecule has 2 heteroatoms. The van der Waals surface area contributed by atoms with Crippen LogP contribution >= 0.6 is 0 Å². The van der Waals surface area contributed by atoms with E-state index in [9.17, 15) is 0 Å². The lowest BCUT2D eigenvalue weighted by Gasteiger charge is -2.59. The van der Waals surface area contributed by atoms with Crippen molar-refractivity contribution in [3.63, 3.8) is 0 Å². The van der Waals surface area contributed by atoms with E-state index >= 15 is 0 Å². The summed E-state index contributed by atoms with van der Waals surface area (Å²) in [6.45, 7) is 8.10. The van der Waals surface area contributed by atoms with Crippen LogP contribution in [0.4, 0.5) is 0 Å². The minimum absolute atomic E-state index is 0.160. The van der Waals surface area contributed by atoms with Crippen LogP contribution in [0.5, 0.6) is 5.75 Å². The second-order valence-electron chi connectivity index (χ2n) is 15.2. The van der Waals surface area contributed by atoms with E-state index in [1.807, 2.05) is 0 Å². The van der Waals surface area contributed by atoms with Crippen molar-refractivity contribution in [2.24, 2.45) is 35.5 Å². The van der Waals surface area contributed by atoms with Gasteiger partial charge in [-0.25, -0.2) is 0 Å². The van der Waals surface area contributed by atoms with Crippen molar-refractivity contribution in [3.05, 3.63) is 28.8 Å². The fraction of sp³-hybridized carbons (Fsp3) is 0.818. The number of ether oxygens (including phenoxy) is 2. The molecule has 0 aromatic heterocycles. The Kier molecular flexibility index (Phi) is 4.73. The molecule has 9 aliphatic rings. The van der Waals surface area contributed by atoms with E-state index in [-0.39, 0.29) is 6.10 Å². The molecular formula is C33H46O2. The molecule has 1 aromatic carbocycles. The third-order valence-corrected chi connectivity index (χ3v) is 12.2. The molecular weight excluding hydrogens is 428 g/mol. The van der Waals surface area contributed by atoms with Gasteiger partial charge in [0.05, 0.1) is 6.61 Å². The van der Waals surface area contributed by atoms with Gasteiger partial charge in [-0.15, -0.1) is 0 Å². The largest absolute Gasteiger partial charge is 0.488 e. The molecule has 10 rings (SSSR count). The van der Waals surface area contributed by atoms with Crippen LogP contribution in [0.3, 0.4) is 0 Å². The highest BCUT2D eigenvalue weighted by Crippen LogP contribution is 2.65. The molecule has 0 radical (unpaired) electrons. The second-order valence-corrected chi connectivity index (χ2v) is 15.2. The SMILES string of the molecule is CC(C)c1c(C23CC4CC(CC(C4)C2)C3)cc(OC(C)C2CO2)cc1C12CC3CC(CC(C3)C1)C2. The van der Waals surface area contributed by atoms with Gasteiger partial charge in [0, 0.05) is 0 Å². The maximum Gasteiger partial charge on any atom is 0.124 e. The van der Waals surface area contributed by atoms with E-state index in [4.69, 9.17) is 9.47 Å². The molecule has 190 valence electrons. The summed E-state index contributed by atoms with van der Waals surface area (Å²) < 4.78 is 12.4. The molecule has 2 atom stereocenters. The summed E-state index contributed by atoms with van der Waals surface area (Å²) in [5.41, 5.74) is 6.11. The lowest BCUT2D eigenvalue weighted by atomic mass is 9.45. The van der Waals surface area contributed by atoms with Gasteiger partial charge >= 0.3 is 0 Å². The van der Waals surface area contributed by atoms with E-state index in [2.05, 4.69) is 32.9 Å². The molecule has 0 N–H and O–H groups in total. The predicted octanol–water partition coefficient (Wildman–Crippen LogP) is 7.91. The van der Waals surface area contributed by atoms with Gasteiger partial charge in [-0.05, 0) is 165 Å². The zero-order valence-corrected chi connectivity index (χ0v) is 22.4. The monoisotopic (exact) mass is 474 g/mol. The van der Waals surface area contributed by atoms with Crippen molar-refractivity contribution in [2.75, 3.05) is 6.61 Å². The number of epoxide rings is 1. The van der Waals surface area contributed by atoms with Crippen molar-refractivity contribution in [3.8, 4) is 5.75 Å². The molecule has 8 bridgehead atoms. The van der Waals surface area contributed by atoms with Gasteiger partial charge in [0.1, 0.15) is 18.0 Å². The maximum atomic E-state index is 6.76. The van der Waals surface area contributed by atoms with Crippen LogP contribution in [-0.4, -0.2) is 18.8 Å². The van der Waals surface area contributed by atoms with Crippen LogP contribution in [0.2, 0.25) is 0 Å². The lowest BCUT2D eigenvalue weighted by molar-refractivity contribution is -0.00964. The third kappa shape index (κ3) is 3.44. The average molecular weight is 475 g/mol. The predicted molar refractivity (Wildman–Crippen MR) is 140 cm³/mol. The fourth-order valence-electron chi connectivity index (χ4n) is 11.7. The Morgan fingerprint density at radius 2 is 1.06 bits per heavy atom. The summed E-state index contributed by atoms with van der Waals surface area (Å²) in [5, 5.41) is 0. The minimum atomic E-state index is 0.160. The normalized spacial score (nSPS) is 47.5. The van der Waals surface area contributed by atoms with Crippen LogP contribution in [0.15, 0.2) is 12.1 Å². The Labute approximate surface area is 212 Å². The molecule has 9 fully saturated rings. The molecule has 35 heavy (non-hydrogen) atoms. The molecule has 1 aromatic rings. The van der Waals surface area contributed by atoms with Crippen molar-refractivity contribution < 1.29 is 9.47 Å². The number of rotatable bonds is 6. The first-order valence-electron chi connectivity index (χ1n) is 15.4. The molecule has 8 aliphatic carbocycles. The average Bonchev–Trinajstić information content (AvgIpc) is 3.62. The minimum Gasteiger partial charge on any atom is -0.488 e. The molecule has 1 heterocycles. The lowest BCUT2D eigenvalue weighted by Crippen LogP contribution is -2.51. The van der Waals surface area contributed by atoms with Gasteiger partial charge in [-0.1, -0.05) is 13.8 Å². The highest BCUT2D eigenvalue weighted by molar-refractivity contribution is 5.52. The number of hydrogen-bond donors (Lipinski definition) is 0. The molecule has 0 amide bonds. The van der Waals surface area contributed by atoms with Crippen LogP contribution in [0.1, 0.15) is 120 Å². The van der Waals surface area contributed by atoms with Crippen LogP contribution in [-0.2, 0) is 15.6 Å². The van der Waals surface area contributed by atoms with Crippen molar-refractivity contribution >= 4 is 0 Å². The van der Waals surface area contributed by atoms with Crippen molar-refractivity contribution in [1.82, 2.24) is 0 Å². The summed E-state index contributed by atoms with van der Waals surface area (Å²) in [7, 11) is 0. The van der Waals surface area contributed by atoms with E-state index in [1.54, 1.807) is 16.7 Å². The Balaban J connectivity index is 1.30. The Bertz CT molecular complexity index is 880. The Morgan fingerprint density at radius 1 is 0.686 bits per heavy atom. The van der Waals surface area contributed by atoms with Crippen LogP contribution in [0, 0.1) is 35.5 Å². The third-order valence-electron chi connectivity index (χ3n) is 12.2. The highest BCUT2D eigenvalue weighted by Gasteiger charge is 2.55. The highest BCUT2D eigenvalue weighted by atomic mass is 16.6. The van der Waals surface area contributed by atoms with Crippen LogP contribution < -0.4 is 4.74 Å². The van der Waals surface area contributed by atoms with Gasteiger partial charge in [-0.2, -0.15) is 0 Å². The fourth-order valence-corrected chi connectivity index (χ4v) is 11.7. The summed E-state index contributed by atoms with van der Waals surface area (Å²) >= 11 is 0. The van der Waals surface area contributed by atoms with E-state index in [1.165, 1.54) is 82.8 Å². The van der Waals surface area contributed by atoms with E-state index in [0.717, 1.165) is 42.1 Å². The second kappa shape index (κ2) is 7.52. The van der Waals surface area contributed by atoms with Crippen molar-refractivity contribution in [2.45, 2.75) is 127 Å². The zero-order chi connectivity index (χ0) is 23.5. The molecule has 1 saturated heterocycles. The van der Waals surface area contributed by atoms with Gasteiger partial charge < -0.3 is 9.47 Å². The smallest absolute Gasteiger partial charge is 0.124 e. The van der Waals surface area contributed by atoms with Gasteiger partial charge in [0.25, 0.3) is 0 Å². The standard InChI is InChI=1S/C33H46O2/c1-19(2)31-28(32-12-21-4-22(13-32)6-23(5-21)14-32)10-27(35-20(3)30-18-34-30)11-29(31)33-15-24-7-25(16-33)9-26(8-24)17-33/h10-11,19-26,30H,4-9,12-18H2,1-3H3. The quantitative estimate of drug-likeness (QED) is 0.391. The summed E-state index contributed by atoms with van der Waals surface area (Å²) in [4.78, 5) is 0. The van der Waals surface area contributed by atoms with Gasteiger partial charge in [0.15, 0.2) is 0 Å². The molecule has 2 nitrogen and oxygen atoms in total. The topological polar surface area (TPSA) is 21.8 Å². The van der Waals surface area contributed by atoms with Crippen molar-refractivity contribution in [1.29, 1.82) is 0 Å². The summed E-state index contributed by atoms with van der Waals surface area (Å²) in [6.07, 6.45) is 18.3. The van der Waals surface area contributed by atoms with Gasteiger partial charge in [-0.3, -0.25) is 0 Å². The maximum absolute atomic E-state index is 6.76. The Morgan fingerprint density at radius 3 is 1.37 bits per heavy atom. The number of benzene rings is 1. The van der Waals surface area contributed by atoms with E-state index in [0.29, 0.717) is 22.9 Å². The van der Waals surface area contributed by atoms with Crippen LogP contribution in [0.25, 0.3) is 0 Å². The zero-order valence-electron chi connectivity index (χ0n) is 22.4. The Hall–Kier alpha value is -1.02.